The van der Waals surface area contributed by atoms with E-state index in [1.165, 1.54) is 0 Å². The van der Waals surface area contributed by atoms with Gasteiger partial charge in [0.1, 0.15) is 0 Å². The highest BCUT2D eigenvalue weighted by atomic mass is 35.5. The van der Waals surface area contributed by atoms with Crippen LogP contribution in [-0.2, 0) is 0 Å². The highest BCUT2D eigenvalue weighted by molar-refractivity contribution is 6.34. The number of hydrogen-bond acceptors (Lipinski definition) is 2. The first-order valence-electron chi connectivity index (χ1n) is 6.71. The molecule has 0 heterocycles. The number of para-hydroxylation sites is 2. The van der Waals surface area contributed by atoms with Crippen LogP contribution in [0.2, 0.25) is 5.02 Å². The number of rotatable bonds is 3. The van der Waals surface area contributed by atoms with E-state index < -0.39 is 0 Å². The average Bonchev–Trinajstić information content (AvgIpc) is 2.52. The molecule has 0 aromatic heterocycles. The zero-order valence-corrected chi connectivity index (χ0v) is 12.1. The van der Waals surface area contributed by atoms with Gasteiger partial charge in [-0.3, -0.25) is 0 Å². The Morgan fingerprint density at radius 2 is 1.48 bits per heavy atom. The lowest BCUT2D eigenvalue weighted by Gasteiger charge is -2.15. The van der Waals surface area contributed by atoms with Crippen molar-refractivity contribution < 1.29 is 0 Å². The van der Waals surface area contributed by atoms with Crippen molar-refractivity contribution in [3.63, 3.8) is 0 Å². The maximum atomic E-state index is 6.24. The van der Waals surface area contributed by atoms with Gasteiger partial charge in [-0.2, -0.15) is 0 Å². The Balaban J connectivity index is 2.05. The first kappa shape index (κ1) is 13.5. The Hall–Kier alpha value is -2.45. The van der Waals surface area contributed by atoms with Crippen molar-refractivity contribution in [2.75, 3.05) is 11.1 Å². The number of hydrogen-bond donors (Lipinski definition) is 2. The van der Waals surface area contributed by atoms with Crippen molar-refractivity contribution >= 4 is 28.7 Å². The molecule has 0 aliphatic rings. The van der Waals surface area contributed by atoms with Gasteiger partial charge in [0.2, 0.25) is 0 Å². The lowest BCUT2D eigenvalue weighted by Crippen LogP contribution is -1.98. The predicted molar refractivity (Wildman–Crippen MR) is 91.0 cm³/mol. The van der Waals surface area contributed by atoms with Crippen molar-refractivity contribution in [3.05, 3.63) is 77.8 Å². The Morgan fingerprint density at radius 1 is 0.762 bits per heavy atom. The van der Waals surface area contributed by atoms with Crippen molar-refractivity contribution in [2.45, 2.75) is 0 Å². The smallest absolute Gasteiger partial charge is 0.0807 e. The highest BCUT2D eigenvalue weighted by Gasteiger charge is 2.08. The minimum Gasteiger partial charge on any atom is -0.397 e. The van der Waals surface area contributed by atoms with Gasteiger partial charge in [0.25, 0.3) is 0 Å². The minimum absolute atomic E-state index is 0.609. The van der Waals surface area contributed by atoms with Crippen molar-refractivity contribution in [1.29, 1.82) is 0 Å². The average molecular weight is 295 g/mol. The molecule has 0 atom stereocenters. The first-order chi connectivity index (χ1) is 10.3. The van der Waals surface area contributed by atoms with Crippen LogP contribution in [0.1, 0.15) is 0 Å². The van der Waals surface area contributed by atoms with E-state index >= 15 is 0 Å². The van der Waals surface area contributed by atoms with Crippen LogP contribution in [0.4, 0.5) is 17.1 Å². The molecule has 2 nitrogen and oxygen atoms in total. The molecule has 3 aromatic rings. The van der Waals surface area contributed by atoms with Gasteiger partial charge in [0, 0.05) is 11.3 Å². The van der Waals surface area contributed by atoms with Gasteiger partial charge in [0.15, 0.2) is 0 Å². The number of benzene rings is 3. The van der Waals surface area contributed by atoms with Crippen molar-refractivity contribution in [1.82, 2.24) is 0 Å². The van der Waals surface area contributed by atoms with Gasteiger partial charge >= 0.3 is 0 Å². The number of nitrogens with two attached hydrogens (primary N) is 1. The summed E-state index contributed by atoms with van der Waals surface area (Å²) in [5, 5.41) is 3.96. The molecule has 0 spiro atoms. The van der Waals surface area contributed by atoms with Crippen LogP contribution < -0.4 is 11.1 Å². The molecule has 21 heavy (non-hydrogen) atoms. The summed E-state index contributed by atoms with van der Waals surface area (Å²) in [6.07, 6.45) is 0. The molecular weight excluding hydrogens is 280 g/mol. The quantitative estimate of drug-likeness (QED) is 0.640. The minimum atomic E-state index is 0.609. The zero-order valence-electron chi connectivity index (χ0n) is 11.4. The third kappa shape index (κ3) is 2.86. The normalized spacial score (nSPS) is 10.3. The van der Waals surface area contributed by atoms with E-state index in [2.05, 4.69) is 23.5 Å². The van der Waals surface area contributed by atoms with Crippen LogP contribution in [0.15, 0.2) is 72.8 Å². The highest BCUT2D eigenvalue weighted by Crippen LogP contribution is 2.35. The van der Waals surface area contributed by atoms with E-state index in [-0.39, 0.29) is 0 Å². The molecule has 3 N–H and O–H groups in total. The standard InChI is InChI=1S/C18H15ClN2/c19-15-10-6-11-16(20)18(15)21-17-12-5-4-9-14(17)13-7-2-1-3-8-13/h1-12,21H,20H2. The number of nitrogen functional groups attached to an aromatic ring is 1. The third-order valence-electron chi connectivity index (χ3n) is 3.32. The Labute approximate surface area is 129 Å². The van der Waals surface area contributed by atoms with Gasteiger partial charge in [-0.15, -0.1) is 0 Å². The summed E-state index contributed by atoms with van der Waals surface area (Å²) in [6.45, 7) is 0. The van der Waals surface area contributed by atoms with E-state index in [4.69, 9.17) is 17.3 Å². The fourth-order valence-corrected chi connectivity index (χ4v) is 2.50. The summed E-state index contributed by atoms with van der Waals surface area (Å²) in [5.74, 6) is 0. The molecule has 0 amide bonds. The van der Waals surface area contributed by atoms with E-state index in [1.54, 1.807) is 0 Å². The van der Waals surface area contributed by atoms with Gasteiger partial charge in [-0.1, -0.05) is 66.2 Å². The Kier molecular flexibility index (Phi) is 3.80. The molecule has 0 bridgehead atoms. The number of nitrogens with one attached hydrogen (secondary N) is 1. The van der Waals surface area contributed by atoms with Crippen molar-refractivity contribution in [2.24, 2.45) is 0 Å². The molecule has 0 fully saturated rings. The molecule has 3 rings (SSSR count). The van der Waals surface area contributed by atoms with Crippen LogP contribution in [0, 0.1) is 0 Å². The molecular formula is C18H15ClN2. The van der Waals surface area contributed by atoms with E-state index in [9.17, 15) is 0 Å². The van der Waals surface area contributed by atoms with Crippen LogP contribution in [0.3, 0.4) is 0 Å². The van der Waals surface area contributed by atoms with Gasteiger partial charge in [-0.25, -0.2) is 0 Å². The summed E-state index contributed by atoms with van der Waals surface area (Å²) in [6, 6.07) is 23.8. The van der Waals surface area contributed by atoms with Gasteiger partial charge in [-0.05, 0) is 23.8 Å². The Bertz CT molecular complexity index is 734. The lowest BCUT2D eigenvalue weighted by atomic mass is 10.0. The van der Waals surface area contributed by atoms with Crippen LogP contribution in [0.25, 0.3) is 11.1 Å². The monoisotopic (exact) mass is 294 g/mol. The molecule has 3 heteroatoms. The van der Waals surface area contributed by atoms with E-state index in [1.807, 2.05) is 54.6 Å². The summed E-state index contributed by atoms with van der Waals surface area (Å²) in [5.41, 5.74) is 10.6. The fraction of sp³-hybridized carbons (Fsp3) is 0. The second kappa shape index (κ2) is 5.90. The Morgan fingerprint density at radius 3 is 2.24 bits per heavy atom. The topological polar surface area (TPSA) is 38.0 Å². The molecule has 0 aliphatic heterocycles. The number of halogens is 1. The fourth-order valence-electron chi connectivity index (χ4n) is 2.27. The number of anilines is 3. The molecule has 0 saturated heterocycles. The molecule has 104 valence electrons. The van der Waals surface area contributed by atoms with E-state index in [0.29, 0.717) is 10.7 Å². The van der Waals surface area contributed by atoms with Crippen LogP contribution in [0.5, 0.6) is 0 Å². The zero-order chi connectivity index (χ0) is 14.7. The van der Waals surface area contributed by atoms with Crippen LogP contribution in [-0.4, -0.2) is 0 Å². The summed E-state index contributed by atoms with van der Waals surface area (Å²) in [7, 11) is 0. The summed E-state index contributed by atoms with van der Waals surface area (Å²) < 4.78 is 0. The third-order valence-corrected chi connectivity index (χ3v) is 3.63. The van der Waals surface area contributed by atoms with E-state index in [0.717, 1.165) is 22.5 Å². The summed E-state index contributed by atoms with van der Waals surface area (Å²) in [4.78, 5) is 0. The largest absolute Gasteiger partial charge is 0.397 e. The van der Waals surface area contributed by atoms with Crippen molar-refractivity contribution in [3.8, 4) is 11.1 Å². The SMILES string of the molecule is Nc1cccc(Cl)c1Nc1ccccc1-c1ccccc1. The second-order valence-electron chi connectivity index (χ2n) is 4.74. The molecule has 0 radical (unpaired) electrons. The summed E-state index contributed by atoms with van der Waals surface area (Å²) >= 11 is 6.24. The van der Waals surface area contributed by atoms with Crippen LogP contribution >= 0.6 is 11.6 Å². The van der Waals surface area contributed by atoms with Gasteiger partial charge in [0.05, 0.1) is 16.4 Å². The predicted octanol–water partition coefficient (Wildman–Crippen LogP) is 5.33. The molecule has 3 aromatic carbocycles. The maximum Gasteiger partial charge on any atom is 0.0807 e. The molecule has 0 aliphatic carbocycles. The molecule has 0 saturated carbocycles. The lowest BCUT2D eigenvalue weighted by molar-refractivity contribution is 1.53. The first-order valence-corrected chi connectivity index (χ1v) is 7.09. The maximum absolute atomic E-state index is 6.24. The molecule has 0 unspecified atom stereocenters. The van der Waals surface area contributed by atoms with Gasteiger partial charge < -0.3 is 11.1 Å². The second-order valence-corrected chi connectivity index (χ2v) is 5.15.